The molecule has 1 saturated carbocycles. The molecule has 0 aromatic carbocycles. The molecule has 0 atom stereocenters. The van der Waals surface area contributed by atoms with Crippen LogP contribution in [0.15, 0.2) is 18.3 Å². The second kappa shape index (κ2) is 6.47. The lowest BCUT2D eigenvalue weighted by Crippen LogP contribution is -2.25. The van der Waals surface area contributed by atoms with Crippen LogP contribution < -0.4 is 16.4 Å². The Morgan fingerprint density at radius 1 is 1.53 bits per heavy atom. The van der Waals surface area contributed by atoms with Gasteiger partial charge >= 0.3 is 0 Å². The van der Waals surface area contributed by atoms with E-state index in [4.69, 9.17) is 18.0 Å². The van der Waals surface area contributed by atoms with Crippen LogP contribution in [0.2, 0.25) is 0 Å². The van der Waals surface area contributed by atoms with Gasteiger partial charge in [-0.15, -0.1) is 0 Å². The minimum atomic E-state index is 0.125. The van der Waals surface area contributed by atoms with Crippen molar-refractivity contribution < 1.29 is 4.79 Å². The number of carbonyl (C=O) groups excluding carboxylic acids is 1. The summed E-state index contributed by atoms with van der Waals surface area (Å²) in [6.45, 7) is 0.671. The van der Waals surface area contributed by atoms with E-state index in [1.165, 1.54) is 0 Å². The number of hydrogen-bond donors (Lipinski definition) is 3. The maximum absolute atomic E-state index is 11.5. The van der Waals surface area contributed by atoms with Gasteiger partial charge in [0.15, 0.2) is 0 Å². The summed E-state index contributed by atoms with van der Waals surface area (Å²) in [5.74, 6) is 0.803. The van der Waals surface area contributed by atoms with Crippen LogP contribution in [-0.2, 0) is 4.79 Å². The summed E-state index contributed by atoms with van der Waals surface area (Å²) in [7, 11) is 0. The van der Waals surface area contributed by atoms with Crippen molar-refractivity contribution in [2.75, 3.05) is 11.9 Å². The van der Waals surface area contributed by atoms with Crippen molar-refractivity contribution in [1.29, 1.82) is 0 Å². The first-order chi connectivity index (χ1) is 9.16. The molecule has 6 heteroatoms. The second-order valence-corrected chi connectivity index (χ2v) is 5.08. The van der Waals surface area contributed by atoms with Gasteiger partial charge in [0.1, 0.15) is 10.8 Å². The molecular weight excluding hydrogens is 260 g/mol. The summed E-state index contributed by atoms with van der Waals surface area (Å²) in [5.41, 5.74) is 6.35. The first kappa shape index (κ1) is 13.7. The molecule has 5 nitrogen and oxygen atoms in total. The first-order valence-corrected chi connectivity index (χ1v) is 6.85. The molecule has 1 fully saturated rings. The van der Waals surface area contributed by atoms with Gasteiger partial charge in [0.25, 0.3) is 0 Å². The Hall–Kier alpha value is -1.69. The van der Waals surface area contributed by atoms with Crippen molar-refractivity contribution >= 4 is 28.9 Å². The molecule has 0 unspecified atom stereocenters. The third-order valence-electron chi connectivity index (χ3n) is 2.89. The summed E-state index contributed by atoms with van der Waals surface area (Å²) in [6, 6.07) is 4.05. The molecule has 0 aliphatic heterocycles. The Morgan fingerprint density at radius 3 is 3.00 bits per heavy atom. The summed E-state index contributed by atoms with van der Waals surface area (Å²) in [6.07, 6.45) is 5.21. The molecule has 0 bridgehead atoms. The third kappa shape index (κ3) is 4.48. The lowest BCUT2D eigenvalue weighted by molar-refractivity contribution is -0.121. The minimum absolute atomic E-state index is 0.125. The number of amides is 1. The zero-order valence-corrected chi connectivity index (χ0v) is 11.5. The Morgan fingerprint density at radius 2 is 2.32 bits per heavy atom. The van der Waals surface area contributed by atoms with Crippen LogP contribution in [0.1, 0.15) is 31.2 Å². The second-order valence-electron chi connectivity index (χ2n) is 4.64. The van der Waals surface area contributed by atoms with Crippen molar-refractivity contribution in [2.24, 2.45) is 5.73 Å². The van der Waals surface area contributed by atoms with Crippen molar-refractivity contribution in [1.82, 2.24) is 10.3 Å². The standard InChI is InChI=1S/C13H18N4OS/c14-12(19)10-3-1-7-15-13(10)16-8-2-4-11(18)17-9-5-6-9/h1,3,7,9H,2,4-6,8H2,(H2,14,19)(H,15,16)(H,17,18). The molecule has 1 aliphatic carbocycles. The normalized spacial score (nSPS) is 13.9. The predicted octanol–water partition coefficient (Wildman–Crippen LogP) is 1.19. The number of pyridine rings is 1. The van der Waals surface area contributed by atoms with E-state index in [1.54, 1.807) is 12.3 Å². The van der Waals surface area contributed by atoms with Crippen molar-refractivity contribution in [3.05, 3.63) is 23.9 Å². The van der Waals surface area contributed by atoms with Gasteiger partial charge < -0.3 is 16.4 Å². The molecule has 1 aromatic heterocycles. The average molecular weight is 278 g/mol. The van der Waals surface area contributed by atoms with E-state index < -0.39 is 0 Å². The maximum atomic E-state index is 11.5. The van der Waals surface area contributed by atoms with Crippen LogP contribution in [0.25, 0.3) is 0 Å². The summed E-state index contributed by atoms with van der Waals surface area (Å²) in [4.78, 5) is 16.0. The van der Waals surface area contributed by atoms with E-state index >= 15 is 0 Å². The molecule has 1 amide bonds. The zero-order valence-electron chi connectivity index (χ0n) is 10.7. The Bertz CT molecular complexity index is 473. The van der Waals surface area contributed by atoms with Crippen LogP contribution in [0.3, 0.4) is 0 Å². The lowest BCUT2D eigenvalue weighted by Gasteiger charge is -2.09. The molecule has 4 N–H and O–H groups in total. The van der Waals surface area contributed by atoms with E-state index in [2.05, 4.69) is 15.6 Å². The monoisotopic (exact) mass is 278 g/mol. The zero-order chi connectivity index (χ0) is 13.7. The number of nitrogens with one attached hydrogen (secondary N) is 2. The highest BCUT2D eigenvalue weighted by atomic mass is 32.1. The molecule has 1 heterocycles. The Balaban J connectivity index is 1.72. The molecule has 0 radical (unpaired) electrons. The van der Waals surface area contributed by atoms with Gasteiger partial charge in [-0.2, -0.15) is 0 Å². The average Bonchev–Trinajstić information content (AvgIpc) is 3.19. The van der Waals surface area contributed by atoms with E-state index in [-0.39, 0.29) is 5.91 Å². The maximum Gasteiger partial charge on any atom is 0.220 e. The highest BCUT2D eigenvalue weighted by molar-refractivity contribution is 7.80. The first-order valence-electron chi connectivity index (χ1n) is 6.45. The minimum Gasteiger partial charge on any atom is -0.389 e. The van der Waals surface area contributed by atoms with Crippen molar-refractivity contribution in [3.8, 4) is 0 Å². The summed E-state index contributed by atoms with van der Waals surface area (Å²) >= 11 is 4.96. The van der Waals surface area contributed by atoms with E-state index in [0.717, 1.165) is 24.8 Å². The summed E-state index contributed by atoms with van der Waals surface area (Å²) < 4.78 is 0. The van der Waals surface area contributed by atoms with Gasteiger partial charge in [0, 0.05) is 25.2 Å². The molecule has 2 rings (SSSR count). The quantitative estimate of drug-likeness (QED) is 0.515. The Labute approximate surface area is 118 Å². The van der Waals surface area contributed by atoms with Crippen molar-refractivity contribution in [2.45, 2.75) is 31.7 Å². The topological polar surface area (TPSA) is 80.0 Å². The van der Waals surface area contributed by atoms with Gasteiger partial charge in [0.2, 0.25) is 5.91 Å². The molecule has 102 valence electrons. The fraction of sp³-hybridized carbons (Fsp3) is 0.462. The van der Waals surface area contributed by atoms with Gasteiger partial charge in [0.05, 0.1) is 5.56 Å². The number of aromatic nitrogens is 1. The van der Waals surface area contributed by atoms with Crippen LogP contribution in [0.4, 0.5) is 5.82 Å². The van der Waals surface area contributed by atoms with E-state index in [1.807, 2.05) is 6.07 Å². The van der Waals surface area contributed by atoms with Gasteiger partial charge in [-0.25, -0.2) is 4.98 Å². The Kier molecular flexibility index (Phi) is 4.68. The van der Waals surface area contributed by atoms with E-state index in [9.17, 15) is 4.79 Å². The fourth-order valence-corrected chi connectivity index (χ4v) is 1.89. The number of thiocarbonyl (C=S) groups is 1. The highest BCUT2D eigenvalue weighted by Crippen LogP contribution is 2.18. The van der Waals surface area contributed by atoms with Crippen LogP contribution in [-0.4, -0.2) is 28.5 Å². The van der Waals surface area contributed by atoms with Crippen molar-refractivity contribution in [3.63, 3.8) is 0 Å². The third-order valence-corrected chi connectivity index (χ3v) is 3.11. The molecule has 0 spiro atoms. The number of hydrogen-bond acceptors (Lipinski definition) is 4. The molecule has 1 aliphatic rings. The SMILES string of the molecule is NC(=S)c1cccnc1NCCCC(=O)NC1CC1. The molecule has 19 heavy (non-hydrogen) atoms. The largest absolute Gasteiger partial charge is 0.389 e. The van der Waals surface area contributed by atoms with E-state index in [0.29, 0.717) is 29.8 Å². The molecule has 0 saturated heterocycles. The van der Waals surface area contributed by atoms with Crippen LogP contribution in [0, 0.1) is 0 Å². The highest BCUT2D eigenvalue weighted by Gasteiger charge is 2.22. The smallest absolute Gasteiger partial charge is 0.220 e. The van der Waals surface area contributed by atoms with Gasteiger partial charge in [-0.3, -0.25) is 4.79 Å². The number of nitrogens with zero attached hydrogens (tertiary/aromatic N) is 1. The fourth-order valence-electron chi connectivity index (χ4n) is 1.73. The van der Waals surface area contributed by atoms with Crippen LogP contribution >= 0.6 is 12.2 Å². The molecule has 1 aromatic rings. The van der Waals surface area contributed by atoms with Gasteiger partial charge in [-0.1, -0.05) is 12.2 Å². The number of nitrogens with two attached hydrogens (primary N) is 1. The number of anilines is 1. The van der Waals surface area contributed by atoms with Crippen LogP contribution in [0.5, 0.6) is 0 Å². The summed E-state index contributed by atoms with van der Waals surface area (Å²) in [5, 5.41) is 6.12. The number of carbonyl (C=O) groups is 1. The molecular formula is C13H18N4OS. The lowest BCUT2D eigenvalue weighted by atomic mass is 10.2. The predicted molar refractivity (Wildman–Crippen MR) is 79.0 cm³/mol. The van der Waals surface area contributed by atoms with Gasteiger partial charge in [-0.05, 0) is 31.4 Å². The number of rotatable bonds is 7.